The van der Waals surface area contributed by atoms with E-state index in [-0.39, 0.29) is 11.6 Å². The van der Waals surface area contributed by atoms with Gasteiger partial charge in [0.15, 0.2) is 11.5 Å². The van der Waals surface area contributed by atoms with Crippen LogP contribution in [0.5, 0.6) is 0 Å². The number of aromatic amines is 1. The SMILES string of the molecule is CCc1ccc(Nc2n[nH]nc2C(=O)N(C)Cc2ccccc2)cc1. The molecule has 6 nitrogen and oxygen atoms in total. The van der Waals surface area contributed by atoms with Crippen molar-refractivity contribution in [3.63, 3.8) is 0 Å². The minimum atomic E-state index is -0.190. The molecular weight excluding hydrogens is 314 g/mol. The number of amides is 1. The molecule has 25 heavy (non-hydrogen) atoms. The van der Waals surface area contributed by atoms with Crippen LogP contribution in [-0.2, 0) is 13.0 Å². The predicted octanol–water partition coefficient (Wildman–Crippen LogP) is 3.38. The molecule has 0 radical (unpaired) electrons. The van der Waals surface area contributed by atoms with Gasteiger partial charge in [-0.1, -0.05) is 49.4 Å². The summed E-state index contributed by atoms with van der Waals surface area (Å²) in [7, 11) is 1.75. The van der Waals surface area contributed by atoms with E-state index in [9.17, 15) is 4.79 Å². The lowest BCUT2D eigenvalue weighted by atomic mass is 10.1. The molecule has 2 N–H and O–H groups in total. The molecule has 1 heterocycles. The van der Waals surface area contributed by atoms with E-state index in [0.29, 0.717) is 12.4 Å². The highest BCUT2D eigenvalue weighted by Gasteiger charge is 2.20. The third-order valence-electron chi connectivity index (χ3n) is 3.98. The second-order valence-electron chi connectivity index (χ2n) is 5.84. The highest BCUT2D eigenvalue weighted by molar-refractivity contribution is 5.97. The fourth-order valence-electron chi connectivity index (χ4n) is 2.54. The van der Waals surface area contributed by atoms with Gasteiger partial charge in [-0.3, -0.25) is 4.79 Å². The Balaban J connectivity index is 1.72. The van der Waals surface area contributed by atoms with Crippen LogP contribution in [0.1, 0.15) is 28.5 Å². The summed E-state index contributed by atoms with van der Waals surface area (Å²) in [6, 6.07) is 17.9. The fourth-order valence-corrected chi connectivity index (χ4v) is 2.54. The van der Waals surface area contributed by atoms with Crippen LogP contribution in [0.3, 0.4) is 0 Å². The number of nitrogens with zero attached hydrogens (tertiary/aromatic N) is 3. The highest BCUT2D eigenvalue weighted by Crippen LogP contribution is 2.19. The summed E-state index contributed by atoms with van der Waals surface area (Å²) in [5.74, 6) is 0.236. The van der Waals surface area contributed by atoms with Crippen LogP contribution in [0, 0.1) is 0 Å². The van der Waals surface area contributed by atoms with Gasteiger partial charge in [0.1, 0.15) is 0 Å². The fraction of sp³-hybridized carbons (Fsp3) is 0.211. The van der Waals surface area contributed by atoms with Gasteiger partial charge in [-0.25, -0.2) is 0 Å². The maximum atomic E-state index is 12.7. The Hall–Kier alpha value is -3.15. The maximum Gasteiger partial charge on any atom is 0.278 e. The number of nitrogens with one attached hydrogen (secondary N) is 2. The van der Waals surface area contributed by atoms with Crippen molar-refractivity contribution < 1.29 is 4.79 Å². The largest absolute Gasteiger partial charge is 0.337 e. The van der Waals surface area contributed by atoms with Crippen LogP contribution in [0.4, 0.5) is 11.5 Å². The highest BCUT2D eigenvalue weighted by atomic mass is 16.2. The van der Waals surface area contributed by atoms with Crippen LogP contribution in [0.2, 0.25) is 0 Å². The Morgan fingerprint density at radius 3 is 2.44 bits per heavy atom. The van der Waals surface area contributed by atoms with E-state index in [1.54, 1.807) is 11.9 Å². The lowest BCUT2D eigenvalue weighted by Crippen LogP contribution is -2.27. The molecule has 0 aliphatic rings. The minimum absolute atomic E-state index is 0.190. The lowest BCUT2D eigenvalue weighted by molar-refractivity contribution is 0.0780. The zero-order chi connectivity index (χ0) is 17.6. The summed E-state index contributed by atoms with van der Waals surface area (Å²) < 4.78 is 0. The molecule has 2 aromatic carbocycles. The number of rotatable bonds is 6. The van der Waals surface area contributed by atoms with Crippen molar-refractivity contribution in [3.8, 4) is 0 Å². The van der Waals surface area contributed by atoms with Gasteiger partial charge in [0.2, 0.25) is 0 Å². The Morgan fingerprint density at radius 1 is 1.04 bits per heavy atom. The van der Waals surface area contributed by atoms with Crippen molar-refractivity contribution in [2.75, 3.05) is 12.4 Å². The number of H-pyrrole nitrogens is 1. The molecule has 0 aliphatic carbocycles. The van der Waals surface area contributed by atoms with E-state index in [2.05, 4.69) is 27.7 Å². The molecule has 0 unspecified atom stereocenters. The summed E-state index contributed by atoms with van der Waals surface area (Å²) in [6.45, 7) is 2.62. The monoisotopic (exact) mass is 335 g/mol. The van der Waals surface area contributed by atoms with Gasteiger partial charge >= 0.3 is 0 Å². The van der Waals surface area contributed by atoms with Crippen LogP contribution >= 0.6 is 0 Å². The molecule has 0 saturated heterocycles. The van der Waals surface area contributed by atoms with Gasteiger partial charge in [0.25, 0.3) is 5.91 Å². The summed E-state index contributed by atoms with van der Waals surface area (Å²) in [6.07, 6.45) is 0.984. The molecule has 0 bridgehead atoms. The Morgan fingerprint density at radius 2 is 1.76 bits per heavy atom. The van der Waals surface area contributed by atoms with E-state index in [4.69, 9.17) is 0 Å². The number of hydrogen-bond donors (Lipinski definition) is 2. The van der Waals surface area contributed by atoms with Crippen molar-refractivity contribution in [2.24, 2.45) is 0 Å². The molecular formula is C19H21N5O. The predicted molar refractivity (Wildman–Crippen MR) is 97.7 cm³/mol. The summed E-state index contributed by atoms with van der Waals surface area (Å²) in [5.41, 5.74) is 3.46. The quantitative estimate of drug-likeness (QED) is 0.724. The van der Waals surface area contributed by atoms with Gasteiger partial charge in [-0.05, 0) is 29.7 Å². The standard InChI is InChI=1S/C19H21N5O/c1-3-14-9-11-16(12-10-14)20-18-17(21-23-22-18)19(25)24(2)13-15-7-5-4-6-8-15/h4-12H,3,13H2,1-2H3,(H2,20,21,22,23). The third-order valence-corrected chi connectivity index (χ3v) is 3.98. The first-order chi connectivity index (χ1) is 12.2. The molecule has 3 aromatic rings. The average Bonchev–Trinajstić information content (AvgIpc) is 3.10. The van der Waals surface area contributed by atoms with Gasteiger partial charge in [0.05, 0.1) is 0 Å². The topological polar surface area (TPSA) is 73.9 Å². The molecule has 0 spiro atoms. The van der Waals surface area contributed by atoms with Gasteiger partial charge < -0.3 is 10.2 Å². The summed E-state index contributed by atoms with van der Waals surface area (Å²) >= 11 is 0. The first kappa shape index (κ1) is 16.7. The number of anilines is 2. The zero-order valence-corrected chi connectivity index (χ0v) is 14.4. The number of benzene rings is 2. The zero-order valence-electron chi connectivity index (χ0n) is 14.4. The maximum absolute atomic E-state index is 12.7. The molecule has 6 heteroatoms. The smallest absolute Gasteiger partial charge is 0.278 e. The third kappa shape index (κ3) is 4.03. The van der Waals surface area contributed by atoms with E-state index in [0.717, 1.165) is 17.7 Å². The number of carbonyl (C=O) groups excluding carboxylic acids is 1. The first-order valence-corrected chi connectivity index (χ1v) is 8.23. The Kier molecular flexibility index (Phi) is 5.09. The van der Waals surface area contributed by atoms with E-state index in [1.165, 1.54) is 5.56 Å². The number of carbonyl (C=O) groups is 1. The lowest BCUT2D eigenvalue weighted by Gasteiger charge is -2.16. The minimum Gasteiger partial charge on any atom is -0.337 e. The first-order valence-electron chi connectivity index (χ1n) is 8.23. The van der Waals surface area contributed by atoms with Crippen LogP contribution in [0.15, 0.2) is 54.6 Å². The number of aromatic nitrogens is 3. The molecule has 0 atom stereocenters. The second kappa shape index (κ2) is 7.61. The second-order valence-corrected chi connectivity index (χ2v) is 5.84. The van der Waals surface area contributed by atoms with Crippen molar-refractivity contribution in [1.82, 2.24) is 20.3 Å². The molecule has 128 valence electrons. The average molecular weight is 335 g/mol. The number of hydrogen-bond acceptors (Lipinski definition) is 4. The molecule has 0 fully saturated rings. The molecule has 1 amide bonds. The summed E-state index contributed by atoms with van der Waals surface area (Å²) in [5, 5.41) is 13.8. The van der Waals surface area contributed by atoms with Crippen LogP contribution in [0.25, 0.3) is 0 Å². The van der Waals surface area contributed by atoms with E-state index in [1.807, 2.05) is 54.6 Å². The molecule has 0 aliphatic heterocycles. The molecule has 0 saturated carbocycles. The number of aryl methyl sites for hydroxylation is 1. The van der Waals surface area contributed by atoms with Crippen molar-refractivity contribution in [1.29, 1.82) is 0 Å². The van der Waals surface area contributed by atoms with Gasteiger partial charge in [-0.15, -0.1) is 10.2 Å². The van der Waals surface area contributed by atoms with Crippen LogP contribution in [-0.4, -0.2) is 33.3 Å². The molecule has 3 rings (SSSR count). The van der Waals surface area contributed by atoms with Crippen LogP contribution < -0.4 is 5.32 Å². The van der Waals surface area contributed by atoms with Crippen molar-refractivity contribution >= 4 is 17.4 Å². The Bertz CT molecular complexity index is 827. The van der Waals surface area contributed by atoms with Crippen molar-refractivity contribution in [3.05, 3.63) is 71.4 Å². The molecule has 1 aromatic heterocycles. The van der Waals surface area contributed by atoms with Crippen molar-refractivity contribution in [2.45, 2.75) is 19.9 Å². The van der Waals surface area contributed by atoms with E-state index < -0.39 is 0 Å². The van der Waals surface area contributed by atoms with Gasteiger partial charge in [0, 0.05) is 19.3 Å². The summed E-state index contributed by atoms with van der Waals surface area (Å²) in [4.78, 5) is 14.3. The Labute approximate surface area is 146 Å². The van der Waals surface area contributed by atoms with E-state index >= 15 is 0 Å². The van der Waals surface area contributed by atoms with Gasteiger partial charge in [-0.2, -0.15) is 5.21 Å². The normalized spacial score (nSPS) is 10.5.